The minimum absolute atomic E-state index is 0.00133. The maximum Gasteiger partial charge on any atom is 0.207 e. The second kappa shape index (κ2) is 12.1. The average molecular weight is 416 g/mol. The van der Waals surface area contributed by atoms with Crippen LogP contribution in [0.3, 0.4) is 0 Å². The maximum atomic E-state index is 11.0. The number of nitrogens with one attached hydrogen (secondary N) is 2. The van der Waals surface area contributed by atoms with Gasteiger partial charge in [-0.05, 0) is 43.0 Å². The van der Waals surface area contributed by atoms with E-state index in [2.05, 4.69) is 60.8 Å². The van der Waals surface area contributed by atoms with Crippen molar-refractivity contribution >= 4 is 18.5 Å². The molecule has 0 aliphatic rings. The van der Waals surface area contributed by atoms with E-state index in [0.29, 0.717) is 18.4 Å². The van der Waals surface area contributed by atoms with Crippen molar-refractivity contribution in [2.24, 2.45) is 11.7 Å². The van der Waals surface area contributed by atoms with Gasteiger partial charge in [0.2, 0.25) is 6.41 Å². The van der Waals surface area contributed by atoms with E-state index in [1.807, 2.05) is 12.1 Å². The normalized spacial score (nSPS) is 11.9. The van der Waals surface area contributed by atoms with Gasteiger partial charge >= 0.3 is 0 Å². The van der Waals surface area contributed by atoms with E-state index >= 15 is 0 Å². The van der Waals surface area contributed by atoms with E-state index in [9.17, 15) is 9.59 Å². The molecule has 4 N–H and O–H groups in total. The van der Waals surface area contributed by atoms with Gasteiger partial charge in [0.25, 0.3) is 0 Å². The number of amidine groups is 1. The summed E-state index contributed by atoms with van der Waals surface area (Å²) in [6, 6.07) is 26.0. The molecule has 31 heavy (non-hydrogen) atoms. The second-order valence-corrected chi connectivity index (χ2v) is 7.42. The molecule has 1 amide bonds. The van der Waals surface area contributed by atoms with Crippen molar-refractivity contribution < 1.29 is 9.59 Å². The van der Waals surface area contributed by atoms with Gasteiger partial charge in [0, 0.05) is 17.5 Å². The van der Waals surface area contributed by atoms with E-state index in [1.54, 1.807) is 25.1 Å². The van der Waals surface area contributed by atoms with Crippen LogP contribution in [0.2, 0.25) is 0 Å². The lowest BCUT2D eigenvalue weighted by Gasteiger charge is -2.18. The van der Waals surface area contributed by atoms with E-state index in [-0.39, 0.29) is 17.8 Å². The van der Waals surface area contributed by atoms with Gasteiger partial charge in [-0.2, -0.15) is 0 Å². The molecule has 0 radical (unpaired) electrons. The van der Waals surface area contributed by atoms with Crippen LogP contribution in [0.15, 0.2) is 78.9 Å². The van der Waals surface area contributed by atoms with Crippen molar-refractivity contribution in [1.29, 1.82) is 5.41 Å². The highest BCUT2D eigenvalue weighted by atomic mass is 16.1. The number of carbonyl (C=O) groups is 2. The SMILES string of the molecule is CC(NC=O)C(C=O)Cc1cccc(C(=N)N)c1.Cc1ccc(-c2ccccc2)cc1. The van der Waals surface area contributed by atoms with Crippen LogP contribution in [0.4, 0.5) is 0 Å². The molecule has 2 atom stereocenters. The summed E-state index contributed by atoms with van der Waals surface area (Å²) in [7, 11) is 0. The lowest BCUT2D eigenvalue weighted by atomic mass is 9.93. The van der Waals surface area contributed by atoms with Crippen LogP contribution >= 0.6 is 0 Å². The molecule has 3 rings (SSSR count). The van der Waals surface area contributed by atoms with Crippen LogP contribution < -0.4 is 11.1 Å². The monoisotopic (exact) mass is 415 g/mol. The summed E-state index contributed by atoms with van der Waals surface area (Å²) in [6.07, 6.45) is 1.93. The van der Waals surface area contributed by atoms with Crippen molar-refractivity contribution in [1.82, 2.24) is 5.32 Å². The second-order valence-electron chi connectivity index (χ2n) is 7.42. The first kappa shape index (κ1) is 23.5. The van der Waals surface area contributed by atoms with Crippen molar-refractivity contribution in [2.75, 3.05) is 0 Å². The molecular formula is C26H29N3O2. The molecule has 0 heterocycles. The third-order valence-corrected chi connectivity index (χ3v) is 5.02. The van der Waals surface area contributed by atoms with Crippen LogP contribution in [-0.4, -0.2) is 24.6 Å². The van der Waals surface area contributed by atoms with Crippen LogP contribution in [0.5, 0.6) is 0 Å². The fourth-order valence-electron chi connectivity index (χ4n) is 3.09. The van der Waals surface area contributed by atoms with Gasteiger partial charge in [-0.3, -0.25) is 10.2 Å². The van der Waals surface area contributed by atoms with Crippen molar-refractivity contribution in [3.8, 4) is 11.1 Å². The minimum atomic E-state index is -0.294. The Balaban J connectivity index is 0.000000231. The molecule has 2 unspecified atom stereocenters. The van der Waals surface area contributed by atoms with Crippen molar-refractivity contribution in [3.05, 3.63) is 95.6 Å². The summed E-state index contributed by atoms with van der Waals surface area (Å²) in [5.74, 6) is -0.295. The fourth-order valence-corrected chi connectivity index (χ4v) is 3.09. The Bertz CT molecular complexity index is 985. The predicted molar refractivity (Wildman–Crippen MR) is 126 cm³/mol. The summed E-state index contributed by atoms with van der Waals surface area (Å²) >= 11 is 0. The number of nitrogen functional groups attached to an aromatic ring is 1. The molecule has 0 fully saturated rings. The molecule has 5 nitrogen and oxygen atoms in total. The zero-order valence-corrected chi connectivity index (χ0v) is 17.9. The molecule has 160 valence electrons. The Hall–Kier alpha value is -3.73. The summed E-state index contributed by atoms with van der Waals surface area (Å²) in [6.45, 7) is 3.89. The summed E-state index contributed by atoms with van der Waals surface area (Å²) in [5.41, 5.74) is 10.8. The third-order valence-electron chi connectivity index (χ3n) is 5.02. The molecule has 0 aliphatic heterocycles. The molecule has 0 saturated heterocycles. The minimum Gasteiger partial charge on any atom is -0.384 e. The van der Waals surface area contributed by atoms with Gasteiger partial charge in [0.15, 0.2) is 0 Å². The molecule has 3 aromatic rings. The molecule has 3 aromatic carbocycles. The van der Waals surface area contributed by atoms with Gasteiger partial charge < -0.3 is 15.8 Å². The Labute approximate surface area is 183 Å². The largest absolute Gasteiger partial charge is 0.384 e. The molecule has 0 saturated carbocycles. The van der Waals surface area contributed by atoms with Gasteiger partial charge in [-0.15, -0.1) is 0 Å². The first-order valence-electron chi connectivity index (χ1n) is 10.1. The quantitative estimate of drug-likeness (QED) is 0.293. The molecule has 5 heteroatoms. The number of hydrogen-bond acceptors (Lipinski definition) is 3. The number of amides is 1. The first-order chi connectivity index (χ1) is 14.9. The summed E-state index contributed by atoms with van der Waals surface area (Å²) in [5, 5.41) is 9.93. The van der Waals surface area contributed by atoms with E-state index in [0.717, 1.165) is 11.8 Å². The lowest BCUT2D eigenvalue weighted by molar-refractivity contribution is -0.113. The summed E-state index contributed by atoms with van der Waals surface area (Å²) < 4.78 is 0. The number of rotatable bonds is 8. The highest BCUT2D eigenvalue weighted by molar-refractivity contribution is 5.95. The molecule has 0 aliphatic carbocycles. The molecule has 0 spiro atoms. The highest BCUT2D eigenvalue weighted by Crippen LogP contribution is 2.18. The number of hydrogen-bond donors (Lipinski definition) is 3. The van der Waals surface area contributed by atoms with Crippen LogP contribution in [0.1, 0.15) is 23.6 Å². The molecular weight excluding hydrogens is 386 g/mol. The lowest BCUT2D eigenvalue weighted by Crippen LogP contribution is -2.34. The topological polar surface area (TPSA) is 96.0 Å². The van der Waals surface area contributed by atoms with E-state index < -0.39 is 0 Å². The molecule has 0 aromatic heterocycles. The average Bonchev–Trinajstić information content (AvgIpc) is 2.79. The van der Waals surface area contributed by atoms with Crippen LogP contribution in [0, 0.1) is 18.3 Å². The van der Waals surface area contributed by atoms with Gasteiger partial charge in [-0.25, -0.2) is 0 Å². The predicted octanol–water partition coefficient (Wildman–Crippen LogP) is 4.12. The Kier molecular flexibility index (Phi) is 9.17. The highest BCUT2D eigenvalue weighted by Gasteiger charge is 2.16. The van der Waals surface area contributed by atoms with E-state index in [1.165, 1.54) is 16.7 Å². The van der Waals surface area contributed by atoms with Crippen molar-refractivity contribution in [3.63, 3.8) is 0 Å². The van der Waals surface area contributed by atoms with Gasteiger partial charge in [0.1, 0.15) is 12.1 Å². The Morgan fingerprint density at radius 3 is 2.19 bits per heavy atom. The maximum absolute atomic E-state index is 11.0. The first-order valence-corrected chi connectivity index (χ1v) is 10.1. The van der Waals surface area contributed by atoms with Crippen molar-refractivity contribution in [2.45, 2.75) is 26.3 Å². The standard InChI is InChI=1S/C13H17N3O2.C13H12/c1-9(16-8-18)12(7-17)6-10-3-2-4-11(5-10)13(14)15;1-11-7-9-13(10-8-11)12-5-3-2-4-6-12/h2-5,7-9,12H,6H2,1H3,(H3,14,15)(H,16,18);2-10H,1H3. The Morgan fingerprint density at radius 1 is 0.968 bits per heavy atom. The van der Waals surface area contributed by atoms with Gasteiger partial charge in [-0.1, -0.05) is 78.4 Å². The van der Waals surface area contributed by atoms with Crippen LogP contribution in [-0.2, 0) is 16.0 Å². The Morgan fingerprint density at radius 2 is 1.61 bits per heavy atom. The van der Waals surface area contributed by atoms with Gasteiger partial charge in [0.05, 0.1) is 0 Å². The zero-order valence-electron chi connectivity index (χ0n) is 17.9. The molecule has 0 bridgehead atoms. The zero-order chi connectivity index (χ0) is 22.6. The fraction of sp³-hybridized carbons (Fsp3) is 0.192. The number of aldehydes is 1. The smallest absolute Gasteiger partial charge is 0.207 e. The number of carbonyl (C=O) groups excluding carboxylic acids is 2. The van der Waals surface area contributed by atoms with E-state index in [4.69, 9.17) is 11.1 Å². The third kappa shape index (κ3) is 7.55. The summed E-state index contributed by atoms with van der Waals surface area (Å²) in [4.78, 5) is 21.4. The number of aryl methyl sites for hydroxylation is 1. The van der Waals surface area contributed by atoms with Crippen LogP contribution in [0.25, 0.3) is 11.1 Å². The number of nitrogens with two attached hydrogens (primary N) is 1. The number of benzene rings is 3.